The number of thiophene rings is 1. The molecular weight excluding hydrogens is 470 g/mol. The minimum atomic E-state index is -1.92. The number of thiocarbonyl (C=S) groups is 1. The van der Waals surface area contributed by atoms with Crippen LogP contribution in [0.1, 0.15) is 20.0 Å². The van der Waals surface area contributed by atoms with Gasteiger partial charge in [-0.1, -0.05) is 6.07 Å². The number of halogens is 4. The van der Waals surface area contributed by atoms with Gasteiger partial charge in [0, 0.05) is 11.4 Å². The van der Waals surface area contributed by atoms with Crippen molar-refractivity contribution < 1.29 is 31.9 Å². The Kier molecular flexibility index (Phi) is 7.05. The van der Waals surface area contributed by atoms with E-state index in [1.165, 1.54) is 23.5 Å². The summed E-state index contributed by atoms with van der Waals surface area (Å²) >= 11 is 6.18. The van der Waals surface area contributed by atoms with Crippen LogP contribution >= 0.6 is 23.6 Å². The predicted molar refractivity (Wildman–Crippen MR) is 115 cm³/mol. The van der Waals surface area contributed by atoms with Crippen molar-refractivity contribution in [3.63, 3.8) is 0 Å². The molecule has 0 radical (unpaired) electrons. The minimum absolute atomic E-state index is 0.286. The molecule has 2 amide bonds. The van der Waals surface area contributed by atoms with Gasteiger partial charge in [-0.05, 0) is 47.9 Å². The highest BCUT2D eigenvalue weighted by atomic mass is 32.1. The molecule has 1 aromatic heterocycles. The van der Waals surface area contributed by atoms with Gasteiger partial charge in [0.05, 0.1) is 12.0 Å². The number of methoxy groups -OCH3 is 1. The Bertz CT molecular complexity index is 1160. The zero-order chi connectivity index (χ0) is 23.4. The molecule has 32 heavy (non-hydrogen) atoms. The van der Waals surface area contributed by atoms with Crippen LogP contribution in [0.2, 0.25) is 0 Å². The molecule has 3 rings (SSSR count). The van der Waals surface area contributed by atoms with Gasteiger partial charge >= 0.3 is 0 Å². The van der Waals surface area contributed by atoms with Gasteiger partial charge in [-0.25, -0.2) is 8.78 Å². The highest BCUT2D eigenvalue weighted by Crippen LogP contribution is 2.29. The Balaban J connectivity index is 1.66. The normalized spacial score (nSPS) is 10.4. The summed E-state index contributed by atoms with van der Waals surface area (Å²) in [4.78, 5) is 24.7. The molecule has 6 nitrogen and oxygen atoms in total. The highest BCUT2D eigenvalue weighted by Gasteiger charge is 2.30. The molecule has 0 spiro atoms. The van der Waals surface area contributed by atoms with Gasteiger partial charge in [-0.3, -0.25) is 14.9 Å². The van der Waals surface area contributed by atoms with Gasteiger partial charge in [0.2, 0.25) is 11.6 Å². The number of nitrogens with one attached hydrogen (secondary N) is 3. The van der Waals surface area contributed by atoms with E-state index in [0.717, 1.165) is 7.11 Å². The molecule has 0 saturated heterocycles. The van der Waals surface area contributed by atoms with Crippen molar-refractivity contribution in [1.82, 2.24) is 5.32 Å². The third-order valence-corrected chi connectivity index (χ3v) is 5.10. The molecule has 0 bridgehead atoms. The van der Waals surface area contributed by atoms with Crippen LogP contribution in [0.15, 0.2) is 41.8 Å². The lowest BCUT2D eigenvalue weighted by atomic mass is 10.1. The Labute approximate surface area is 188 Å². The fourth-order valence-electron chi connectivity index (χ4n) is 2.56. The second-order valence-electron chi connectivity index (χ2n) is 6.08. The Morgan fingerprint density at radius 3 is 1.94 bits per heavy atom. The van der Waals surface area contributed by atoms with Crippen LogP contribution in [-0.4, -0.2) is 24.0 Å². The topological polar surface area (TPSA) is 79.5 Å². The summed E-state index contributed by atoms with van der Waals surface area (Å²) in [5.41, 5.74) is -0.647. The maximum absolute atomic E-state index is 14.0. The zero-order valence-corrected chi connectivity index (χ0v) is 17.7. The largest absolute Gasteiger partial charge is 0.491 e. The molecule has 0 aliphatic carbocycles. The van der Waals surface area contributed by atoms with Crippen LogP contribution in [0.5, 0.6) is 5.75 Å². The van der Waals surface area contributed by atoms with E-state index in [1.807, 2.05) is 5.32 Å². The summed E-state index contributed by atoms with van der Waals surface area (Å²) in [6, 6.07) is 9.53. The monoisotopic (exact) mass is 483 g/mol. The highest BCUT2D eigenvalue weighted by molar-refractivity contribution is 7.80. The molecule has 166 valence electrons. The quantitative estimate of drug-likeness (QED) is 0.279. The van der Waals surface area contributed by atoms with Crippen LogP contribution in [0.25, 0.3) is 0 Å². The van der Waals surface area contributed by atoms with Crippen molar-refractivity contribution in [3.8, 4) is 5.75 Å². The van der Waals surface area contributed by atoms with E-state index >= 15 is 0 Å². The molecule has 3 N–H and O–H groups in total. The first-order chi connectivity index (χ1) is 15.2. The van der Waals surface area contributed by atoms with Crippen molar-refractivity contribution in [1.29, 1.82) is 0 Å². The van der Waals surface area contributed by atoms with Crippen molar-refractivity contribution in [2.45, 2.75) is 0 Å². The summed E-state index contributed by atoms with van der Waals surface area (Å²) in [6.45, 7) is 0. The lowest BCUT2D eigenvalue weighted by Crippen LogP contribution is -2.35. The van der Waals surface area contributed by atoms with E-state index in [0.29, 0.717) is 16.3 Å². The van der Waals surface area contributed by atoms with Crippen LogP contribution in [-0.2, 0) is 0 Å². The minimum Gasteiger partial charge on any atom is -0.491 e. The van der Waals surface area contributed by atoms with E-state index in [1.54, 1.807) is 29.6 Å². The summed E-state index contributed by atoms with van der Waals surface area (Å²) in [6.07, 6.45) is 0. The average Bonchev–Trinajstić information content (AvgIpc) is 3.29. The molecule has 2 aromatic carbocycles. The average molecular weight is 483 g/mol. The molecule has 0 saturated carbocycles. The number of benzene rings is 2. The molecule has 12 heteroatoms. The number of hydrogen-bond acceptors (Lipinski definition) is 5. The number of carbonyl (C=O) groups is 2. The Morgan fingerprint density at radius 1 is 0.875 bits per heavy atom. The van der Waals surface area contributed by atoms with Gasteiger partial charge in [-0.15, -0.1) is 11.3 Å². The maximum Gasteiger partial charge on any atom is 0.265 e. The van der Waals surface area contributed by atoms with Crippen molar-refractivity contribution >= 4 is 51.9 Å². The summed E-state index contributed by atoms with van der Waals surface area (Å²) in [5, 5.41) is 8.58. The fourth-order valence-corrected chi connectivity index (χ4v) is 3.38. The molecular formula is C20H13F4N3O3S2. The zero-order valence-electron chi connectivity index (χ0n) is 16.1. The third-order valence-electron chi connectivity index (χ3n) is 4.03. The molecule has 0 fully saturated rings. The van der Waals surface area contributed by atoms with E-state index in [-0.39, 0.29) is 11.0 Å². The molecule has 0 aliphatic rings. The number of amides is 2. The Hall–Kier alpha value is -3.51. The van der Waals surface area contributed by atoms with Gasteiger partial charge in [0.1, 0.15) is 5.56 Å². The van der Waals surface area contributed by atoms with Crippen molar-refractivity contribution in [3.05, 3.63) is 75.5 Å². The van der Waals surface area contributed by atoms with E-state index < -0.39 is 40.5 Å². The standard InChI is InChI=1S/C20H13F4N3O3S2/c1-30-17-15(23)13(21)12(14(22)16(17)24)19(29)27-20(31)26-10-6-4-9(5-7-10)25-18(28)11-3-2-8-32-11/h2-8H,1H3,(H,25,28)(H2,26,27,29,31). The number of rotatable bonds is 5. The summed E-state index contributed by atoms with van der Waals surface area (Å²) in [7, 11) is 0.818. The van der Waals surface area contributed by atoms with Crippen LogP contribution in [0.4, 0.5) is 28.9 Å². The van der Waals surface area contributed by atoms with Gasteiger partial charge in [-0.2, -0.15) is 8.78 Å². The summed E-state index contributed by atoms with van der Waals surface area (Å²) in [5.74, 6) is -10.6. The Morgan fingerprint density at radius 2 is 1.44 bits per heavy atom. The molecule has 0 unspecified atom stereocenters. The van der Waals surface area contributed by atoms with Crippen LogP contribution in [0.3, 0.4) is 0 Å². The van der Waals surface area contributed by atoms with Crippen LogP contribution < -0.4 is 20.7 Å². The summed E-state index contributed by atoms with van der Waals surface area (Å²) < 4.78 is 60.0. The first kappa shape index (κ1) is 23.2. The van der Waals surface area contributed by atoms with Gasteiger partial charge in [0.15, 0.2) is 22.5 Å². The SMILES string of the molecule is COc1c(F)c(F)c(C(=O)NC(=S)Nc2ccc(NC(=O)c3cccs3)cc2)c(F)c1F. The number of anilines is 2. The predicted octanol–water partition coefficient (Wildman–Crippen LogP) is 4.69. The van der Waals surface area contributed by atoms with E-state index in [4.69, 9.17) is 12.2 Å². The number of carbonyl (C=O) groups excluding carboxylic acids is 2. The maximum atomic E-state index is 14.0. The third kappa shape index (κ3) is 4.86. The molecule has 0 aliphatic heterocycles. The molecule has 0 atom stereocenters. The first-order valence-corrected chi connectivity index (χ1v) is 9.99. The van der Waals surface area contributed by atoms with Crippen molar-refractivity contribution in [2.75, 3.05) is 17.7 Å². The molecule has 3 aromatic rings. The number of ether oxygens (including phenoxy) is 1. The lowest BCUT2D eigenvalue weighted by molar-refractivity contribution is 0.0965. The molecule has 1 heterocycles. The van der Waals surface area contributed by atoms with E-state index in [2.05, 4.69) is 15.4 Å². The van der Waals surface area contributed by atoms with Gasteiger partial charge in [0.25, 0.3) is 11.8 Å². The fraction of sp³-hybridized carbons (Fsp3) is 0.0500. The van der Waals surface area contributed by atoms with Crippen molar-refractivity contribution in [2.24, 2.45) is 0 Å². The van der Waals surface area contributed by atoms with Gasteiger partial charge < -0.3 is 15.4 Å². The van der Waals surface area contributed by atoms with Crippen LogP contribution in [0, 0.1) is 23.3 Å². The second-order valence-corrected chi connectivity index (χ2v) is 7.44. The smallest absolute Gasteiger partial charge is 0.265 e. The lowest BCUT2D eigenvalue weighted by Gasteiger charge is -2.13. The van der Waals surface area contributed by atoms with E-state index in [9.17, 15) is 27.2 Å². The second kappa shape index (κ2) is 9.75. The number of hydrogen-bond donors (Lipinski definition) is 3. The first-order valence-electron chi connectivity index (χ1n) is 8.70.